The fraction of sp³-hybridized carbons (Fsp3) is 0.115. The van der Waals surface area contributed by atoms with E-state index in [0.29, 0.717) is 22.0 Å². The van der Waals surface area contributed by atoms with E-state index in [9.17, 15) is 14.4 Å². The molecular weight excluding hydrogens is 484 g/mol. The molecule has 0 saturated carbocycles. The summed E-state index contributed by atoms with van der Waals surface area (Å²) in [5.74, 6) is -0.404. The number of halogens is 1. The van der Waals surface area contributed by atoms with Crippen molar-refractivity contribution in [2.24, 2.45) is 7.05 Å². The lowest BCUT2D eigenvalue weighted by Crippen LogP contribution is -2.23. The first-order valence-electron chi connectivity index (χ1n) is 10.8. The van der Waals surface area contributed by atoms with Crippen LogP contribution in [0.2, 0.25) is 5.02 Å². The van der Waals surface area contributed by atoms with Crippen LogP contribution >= 0.6 is 23.4 Å². The lowest BCUT2D eigenvalue weighted by atomic mass is 10.2. The van der Waals surface area contributed by atoms with Crippen LogP contribution in [0.4, 0.5) is 11.4 Å². The number of thioether (sulfide) groups is 1. The Bertz CT molecular complexity index is 1430. The van der Waals surface area contributed by atoms with E-state index in [4.69, 9.17) is 11.6 Å². The van der Waals surface area contributed by atoms with Crippen molar-refractivity contribution in [2.75, 3.05) is 16.4 Å². The second-order valence-corrected chi connectivity index (χ2v) is 9.25. The number of para-hydroxylation sites is 1. The van der Waals surface area contributed by atoms with Crippen molar-refractivity contribution < 1.29 is 9.59 Å². The molecule has 2 amide bonds. The van der Waals surface area contributed by atoms with Crippen molar-refractivity contribution in [2.45, 2.75) is 11.8 Å². The van der Waals surface area contributed by atoms with E-state index in [1.54, 1.807) is 55.1 Å². The Labute approximate surface area is 211 Å². The van der Waals surface area contributed by atoms with Crippen LogP contribution in [0.3, 0.4) is 0 Å². The number of amides is 2. The lowest BCUT2D eigenvalue weighted by Gasteiger charge is -2.07. The van der Waals surface area contributed by atoms with Gasteiger partial charge in [-0.1, -0.05) is 35.9 Å². The summed E-state index contributed by atoms with van der Waals surface area (Å²) in [5, 5.41) is 6.07. The molecule has 2 N–H and O–H groups in total. The largest absolute Gasteiger partial charge is 0.322 e. The topological polar surface area (TPSA) is 85.1 Å². The molecule has 7 nitrogen and oxygen atoms in total. The van der Waals surface area contributed by atoms with Gasteiger partial charge >= 0.3 is 0 Å². The van der Waals surface area contributed by atoms with E-state index < -0.39 is 0 Å². The zero-order chi connectivity index (χ0) is 24.9. The van der Waals surface area contributed by atoms with Gasteiger partial charge in [-0.15, -0.1) is 11.8 Å². The third-order valence-electron chi connectivity index (χ3n) is 5.39. The number of hydrogen-bond acceptors (Lipinski definition) is 4. The summed E-state index contributed by atoms with van der Waals surface area (Å²) in [5.41, 5.74) is 2.47. The molecule has 0 aliphatic carbocycles. The van der Waals surface area contributed by atoms with E-state index in [-0.39, 0.29) is 28.8 Å². The maximum absolute atomic E-state index is 12.9. The summed E-state index contributed by atoms with van der Waals surface area (Å²) >= 11 is 7.28. The van der Waals surface area contributed by atoms with Gasteiger partial charge in [-0.3, -0.25) is 19.1 Å². The fourth-order valence-electron chi connectivity index (χ4n) is 3.50. The molecule has 3 aromatic carbocycles. The third-order valence-corrected chi connectivity index (χ3v) is 6.63. The predicted octanol–water partition coefficient (Wildman–Crippen LogP) is 5.12. The van der Waals surface area contributed by atoms with Crippen molar-refractivity contribution in [3.63, 3.8) is 0 Å². The Morgan fingerprint density at radius 3 is 2.34 bits per heavy atom. The number of hydrogen-bond donors (Lipinski definition) is 2. The number of anilines is 2. The summed E-state index contributed by atoms with van der Waals surface area (Å²) < 4.78 is 3.24. The first-order chi connectivity index (χ1) is 16.8. The standard InChI is InChI=1S/C26H23ClN4O3S/c1-17-24(26(34)31(30(17)2)21-9-4-3-5-10-21)29-23(32)16-35-22-13-11-20(12-14-22)28-25(33)18-7-6-8-19(27)15-18/h3-15H,16H2,1-2H3,(H,28,33)(H,29,32). The van der Waals surface area contributed by atoms with Crippen LogP contribution in [0.5, 0.6) is 0 Å². The number of nitrogens with zero attached hydrogens (tertiary/aromatic N) is 2. The van der Waals surface area contributed by atoms with Crippen LogP contribution in [-0.4, -0.2) is 26.9 Å². The van der Waals surface area contributed by atoms with E-state index >= 15 is 0 Å². The highest BCUT2D eigenvalue weighted by Crippen LogP contribution is 2.22. The van der Waals surface area contributed by atoms with Gasteiger partial charge in [0.2, 0.25) is 5.91 Å². The molecule has 0 aliphatic rings. The van der Waals surface area contributed by atoms with Gasteiger partial charge in [0.1, 0.15) is 5.69 Å². The van der Waals surface area contributed by atoms with Gasteiger partial charge in [0.25, 0.3) is 11.5 Å². The number of rotatable bonds is 7. The fourth-order valence-corrected chi connectivity index (χ4v) is 4.39. The highest BCUT2D eigenvalue weighted by molar-refractivity contribution is 8.00. The minimum atomic E-state index is -0.283. The van der Waals surface area contributed by atoms with E-state index in [1.807, 2.05) is 42.5 Å². The van der Waals surface area contributed by atoms with E-state index in [2.05, 4.69) is 10.6 Å². The highest BCUT2D eigenvalue weighted by Gasteiger charge is 2.18. The molecule has 0 bridgehead atoms. The van der Waals surface area contributed by atoms with Crippen molar-refractivity contribution in [3.05, 3.63) is 105 Å². The summed E-state index contributed by atoms with van der Waals surface area (Å²) in [6.45, 7) is 1.79. The monoisotopic (exact) mass is 506 g/mol. The molecule has 0 spiro atoms. The van der Waals surface area contributed by atoms with Gasteiger partial charge in [-0.25, -0.2) is 4.68 Å². The van der Waals surface area contributed by atoms with Gasteiger partial charge < -0.3 is 10.6 Å². The Kier molecular flexibility index (Phi) is 7.43. The minimum Gasteiger partial charge on any atom is -0.322 e. The molecule has 0 fully saturated rings. The predicted molar refractivity (Wildman–Crippen MR) is 141 cm³/mol. The molecule has 0 atom stereocenters. The second kappa shape index (κ2) is 10.7. The number of nitrogens with one attached hydrogen (secondary N) is 2. The van der Waals surface area contributed by atoms with Gasteiger partial charge in [-0.2, -0.15) is 0 Å². The van der Waals surface area contributed by atoms with Crippen LogP contribution in [0.25, 0.3) is 5.69 Å². The molecule has 0 radical (unpaired) electrons. The molecule has 0 saturated heterocycles. The highest BCUT2D eigenvalue weighted by atomic mass is 35.5. The molecule has 178 valence electrons. The molecule has 35 heavy (non-hydrogen) atoms. The van der Waals surface area contributed by atoms with Gasteiger partial charge in [0.15, 0.2) is 0 Å². The van der Waals surface area contributed by atoms with Crippen LogP contribution in [-0.2, 0) is 11.8 Å². The summed E-state index contributed by atoms with van der Waals surface area (Å²) in [7, 11) is 1.78. The average Bonchev–Trinajstić information content (AvgIpc) is 3.07. The van der Waals surface area contributed by atoms with Crippen LogP contribution in [0, 0.1) is 6.92 Å². The Morgan fingerprint density at radius 1 is 0.943 bits per heavy atom. The number of benzene rings is 3. The van der Waals surface area contributed by atoms with Gasteiger partial charge in [0.05, 0.1) is 17.1 Å². The van der Waals surface area contributed by atoms with Crippen molar-refractivity contribution in [3.8, 4) is 5.69 Å². The first kappa shape index (κ1) is 24.4. The molecule has 0 aliphatic heterocycles. The molecule has 0 unspecified atom stereocenters. The summed E-state index contributed by atoms with van der Waals surface area (Å²) in [6, 6.07) is 23.1. The van der Waals surface area contributed by atoms with Crippen LogP contribution in [0.1, 0.15) is 16.1 Å². The molecule has 1 aromatic heterocycles. The molecule has 9 heteroatoms. The maximum atomic E-state index is 12.9. The first-order valence-corrected chi connectivity index (χ1v) is 12.1. The maximum Gasteiger partial charge on any atom is 0.295 e. The van der Waals surface area contributed by atoms with Crippen molar-refractivity contribution in [1.29, 1.82) is 0 Å². The number of carbonyl (C=O) groups is 2. The SMILES string of the molecule is Cc1c(NC(=O)CSc2ccc(NC(=O)c3cccc(Cl)c3)cc2)c(=O)n(-c2ccccc2)n1C. The lowest BCUT2D eigenvalue weighted by molar-refractivity contribution is -0.113. The third kappa shape index (κ3) is 5.67. The molecule has 4 aromatic rings. The summed E-state index contributed by atoms with van der Waals surface area (Å²) in [6.07, 6.45) is 0. The Morgan fingerprint density at radius 2 is 1.66 bits per heavy atom. The Balaban J connectivity index is 1.36. The van der Waals surface area contributed by atoms with E-state index in [0.717, 1.165) is 10.6 Å². The minimum absolute atomic E-state index is 0.132. The number of aromatic nitrogens is 2. The normalized spacial score (nSPS) is 10.7. The quantitative estimate of drug-likeness (QED) is 0.341. The Hall–Kier alpha value is -3.75. The molecule has 1 heterocycles. The number of carbonyl (C=O) groups excluding carboxylic acids is 2. The van der Waals surface area contributed by atoms with Crippen LogP contribution in [0.15, 0.2) is 88.6 Å². The summed E-state index contributed by atoms with van der Waals surface area (Å²) in [4.78, 5) is 38.7. The smallest absolute Gasteiger partial charge is 0.295 e. The van der Waals surface area contributed by atoms with Gasteiger partial charge in [-0.05, 0) is 61.5 Å². The molecular formula is C26H23ClN4O3S. The van der Waals surface area contributed by atoms with Crippen LogP contribution < -0.4 is 16.2 Å². The zero-order valence-electron chi connectivity index (χ0n) is 19.1. The van der Waals surface area contributed by atoms with Crippen molar-refractivity contribution in [1.82, 2.24) is 9.36 Å². The molecule has 4 rings (SSSR count). The second-order valence-electron chi connectivity index (χ2n) is 7.76. The van der Waals surface area contributed by atoms with Gasteiger partial charge in [0, 0.05) is 28.2 Å². The van der Waals surface area contributed by atoms with Crippen molar-refractivity contribution >= 4 is 46.6 Å². The zero-order valence-corrected chi connectivity index (χ0v) is 20.7. The van der Waals surface area contributed by atoms with E-state index in [1.165, 1.54) is 16.4 Å². The average molecular weight is 507 g/mol.